The fourth-order valence-corrected chi connectivity index (χ4v) is 4.69. The first kappa shape index (κ1) is 16.0. The summed E-state index contributed by atoms with van der Waals surface area (Å²) in [5.41, 5.74) is 5.43. The molecule has 0 radical (unpaired) electrons. The minimum absolute atomic E-state index is 0.994. The van der Waals surface area contributed by atoms with Crippen LogP contribution >= 0.6 is 0 Å². The number of hydrogen-bond donors (Lipinski definition) is 0. The molecule has 0 bridgehead atoms. The van der Waals surface area contributed by atoms with Crippen molar-refractivity contribution >= 4 is 13.3 Å². The molecule has 2 rings (SSSR count). The van der Waals surface area contributed by atoms with E-state index in [1.54, 1.807) is 5.19 Å². The van der Waals surface area contributed by atoms with E-state index in [0.29, 0.717) is 0 Å². The van der Waals surface area contributed by atoms with Gasteiger partial charge in [0.2, 0.25) is 0 Å². The van der Waals surface area contributed by atoms with Gasteiger partial charge in [-0.3, -0.25) is 0 Å². The molecule has 0 amide bonds. The Hall–Kier alpha value is -1.38. The van der Waals surface area contributed by atoms with E-state index in [9.17, 15) is 0 Å². The molecule has 2 aromatic rings. The molecule has 21 heavy (non-hydrogen) atoms. The third-order valence-electron chi connectivity index (χ3n) is 3.82. The molecule has 0 aromatic heterocycles. The van der Waals surface area contributed by atoms with Crippen molar-refractivity contribution in [2.24, 2.45) is 0 Å². The summed E-state index contributed by atoms with van der Waals surface area (Å²) >= 11 is 0. The zero-order chi connectivity index (χ0) is 15.6. The Morgan fingerprint density at radius 1 is 0.857 bits per heavy atom. The lowest BCUT2D eigenvalue weighted by Gasteiger charge is -2.20. The summed E-state index contributed by atoms with van der Waals surface area (Å²) in [5.74, 6) is 0. The fourth-order valence-electron chi connectivity index (χ4n) is 2.85. The van der Waals surface area contributed by atoms with Gasteiger partial charge in [-0.1, -0.05) is 72.9 Å². The molecule has 0 unspecified atom stereocenters. The molecule has 112 valence electrons. The second kappa shape index (κ2) is 6.16. The lowest BCUT2D eigenvalue weighted by Crippen LogP contribution is -2.39. The van der Waals surface area contributed by atoms with E-state index in [0.717, 1.165) is 6.54 Å². The van der Waals surface area contributed by atoms with Gasteiger partial charge < -0.3 is 4.90 Å². The minimum Gasteiger partial charge on any atom is -0.305 e. The van der Waals surface area contributed by atoms with Crippen LogP contribution in [-0.4, -0.2) is 27.1 Å². The Kier molecular flexibility index (Phi) is 4.69. The molecule has 0 spiro atoms. The molecule has 0 atom stereocenters. The van der Waals surface area contributed by atoms with Crippen molar-refractivity contribution in [1.29, 1.82) is 0 Å². The van der Waals surface area contributed by atoms with Gasteiger partial charge in [-0.15, -0.1) is 0 Å². The van der Waals surface area contributed by atoms with Crippen LogP contribution in [0.25, 0.3) is 11.1 Å². The van der Waals surface area contributed by atoms with Crippen molar-refractivity contribution in [3.63, 3.8) is 0 Å². The maximum Gasteiger partial charge on any atom is 0.0779 e. The molecule has 0 aliphatic heterocycles. The van der Waals surface area contributed by atoms with Crippen LogP contribution in [0.5, 0.6) is 0 Å². The van der Waals surface area contributed by atoms with E-state index in [1.807, 2.05) is 0 Å². The second-order valence-electron chi connectivity index (χ2n) is 7.21. The summed E-state index contributed by atoms with van der Waals surface area (Å²) < 4.78 is 0. The lowest BCUT2D eigenvalue weighted by molar-refractivity contribution is 0.402. The highest BCUT2D eigenvalue weighted by Crippen LogP contribution is 2.21. The summed E-state index contributed by atoms with van der Waals surface area (Å²) in [5, 5.41) is 1.57. The zero-order valence-corrected chi connectivity index (χ0v) is 15.2. The molecule has 0 fully saturated rings. The number of nitrogens with zero attached hydrogens (tertiary/aromatic N) is 1. The smallest absolute Gasteiger partial charge is 0.0779 e. The van der Waals surface area contributed by atoms with Crippen LogP contribution in [0.4, 0.5) is 0 Å². The molecule has 0 saturated heterocycles. The van der Waals surface area contributed by atoms with E-state index < -0.39 is 8.07 Å². The van der Waals surface area contributed by atoms with Gasteiger partial charge in [-0.25, -0.2) is 0 Å². The molecule has 0 heterocycles. The average Bonchev–Trinajstić information content (AvgIpc) is 2.37. The molecule has 1 nitrogen and oxygen atoms in total. The van der Waals surface area contributed by atoms with Crippen molar-refractivity contribution in [2.75, 3.05) is 14.1 Å². The Morgan fingerprint density at radius 3 is 1.90 bits per heavy atom. The Balaban J connectivity index is 2.28. The van der Waals surface area contributed by atoms with E-state index >= 15 is 0 Å². The van der Waals surface area contributed by atoms with Crippen LogP contribution in [-0.2, 0) is 6.54 Å². The summed E-state index contributed by atoms with van der Waals surface area (Å²) in [6.07, 6.45) is 0. The number of benzene rings is 2. The third-order valence-corrected chi connectivity index (χ3v) is 6.00. The van der Waals surface area contributed by atoms with Gasteiger partial charge in [0.25, 0.3) is 0 Å². The van der Waals surface area contributed by atoms with Crippen LogP contribution < -0.4 is 5.19 Å². The monoisotopic (exact) mass is 297 g/mol. The predicted octanol–water partition coefficient (Wildman–Crippen LogP) is 4.27. The van der Waals surface area contributed by atoms with Crippen LogP contribution in [0.1, 0.15) is 11.1 Å². The maximum atomic E-state index is 2.41. The molecular formula is C19H27NSi. The van der Waals surface area contributed by atoms with Gasteiger partial charge in [0.05, 0.1) is 8.07 Å². The van der Waals surface area contributed by atoms with E-state index in [-0.39, 0.29) is 0 Å². The van der Waals surface area contributed by atoms with E-state index in [2.05, 4.69) is 88.0 Å². The normalized spacial score (nSPS) is 12.0. The first-order valence-electron chi connectivity index (χ1n) is 7.62. The maximum absolute atomic E-state index is 2.41. The summed E-state index contributed by atoms with van der Waals surface area (Å²) in [6.45, 7) is 10.5. The van der Waals surface area contributed by atoms with E-state index in [4.69, 9.17) is 0 Å². The molecule has 2 heteroatoms. The van der Waals surface area contributed by atoms with Crippen molar-refractivity contribution in [3.05, 3.63) is 53.6 Å². The summed E-state index contributed by atoms with van der Waals surface area (Å²) in [4.78, 5) is 2.20. The van der Waals surface area contributed by atoms with Gasteiger partial charge in [0.15, 0.2) is 0 Å². The van der Waals surface area contributed by atoms with Gasteiger partial charge in [0.1, 0.15) is 0 Å². The molecule has 0 aliphatic rings. The standard InChI is InChI=1S/C19H27NSi/c1-15-13-18(11-12-19(15)21(4,5)6)17-9-7-16(8-10-17)14-20(2)3/h7-13H,14H2,1-6H3. The van der Waals surface area contributed by atoms with Crippen LogP contribution in [0.2, 0.25) is 19.6 Å². The SMILES string of the molecule is Cc1cc(-c2ccc(CN(C)C)cc2)ccc1[Si](C)(C)C. The quantitative estimate of drug-likeness (QED) is 0.762. The third kappa shape index (κ3) is 4.05. The molecule has 0 N–H and O–H groups in total. The Morgan fingerprint density at radius 2 is 1.43 bits per heavy atom. The highest BCUT2D eigenvalue weighted by atomic mass is 28.3. The van der Waals surface area contributed by atoms with Gasteiger partial charge in [0, 0.05) is 6.54 Å². The molecule has 2 aromatic carbocycles. The first-order chi connectivity index (χ1) is 9.77. The van der Waals surface area contributed by atoms with Gasteiger partial charge in [-0.05, 0) is 37.7 Å². The highest BCUT2D eigenvalue weighted by molar-refractivity contribution is 6.89. The number of aryl methyl sites for hydroxylation is 1. The van der Waals surface area contributed by atoms with E-state index in [1.165, 1.54) is 22.3 Å². The Labute approximate surface area is 130 Å². The first-order valence-corrected chi connectivity index (χ1v) is 11.1. The predicted molar refractivity (Wildman–Crippen MR) is 97.0 cm³/mol. The topological polar surface area (TPSA) is 3.24 Å². The van der Waals surface area contributed by atoms with Crippen LogP contribution in [0, 0.1) is 6.92 Å². The summed E-state index contributed by atoms with van der Waals surface area (Å²) in [6, 6.07) is 15.9. The fraction of sp³-hybridized carbons (Fsp3) is 0.368. The van der Waals surface area contributed by atoms with Crippen LogP contribution in [0.3, 0.4) is 0 Å². The highest BCUT2D eigenvalue weighted by Gasteiger charge is 2.18. The zero-order valence-electron chi connectivity index (χ0n) is 14.2. The van der Waals surface area contributed by atoms with Crippen molar-refractivity contribution < 1.29 is 0 Å². The van der Waals surface area contributed by atoms with Crippen molar-refractivity contribution in [2.45, 2.75) is 33.1 Å². The van der Waals surface area contributed by atoms with Crippen molar-refractivity contribution in [1.82, 2.24) is 4.90 Å². The average molecular weight is 298 g/mol. The van der Waals surface area contributed by atoms with Gasteiger partial charge in [-0.2, -0.15) is 0 Å². The second-order valence-corrected chi connectivity index (χ2v) is 12.3. The summed E-state index contributed by atoms with van der Waals surface area (Å²) in [7, 11) is 2.97. The molecule has 0 saturated carbocycles. The Bertz CT molecular complexity index is 606. The molecule has 0 aliphatic carbocycles. The van der Waals surface area contributed by atoms with Gasteiger partial charge >= 0.3 is 0 Å². The molecular weight excluding hydrogens is 270 g/mol. The minimum atomic E-state index is -1.23. The van der Waals surface area contributed by atoms with Crippen LogP contribution in [0.15, 0.2) is 42.5 Å². The largest absolute Gasteiger partial charge is 0.305 e. The number of hydrogen-bond acceptors (Lipinski definition) is 1. The van der Waals surface area contributed by atoms with Crippen molar-refractivity contribution in [3.8, 4) is 11.1 Å². The number of rotatable bonds is 4. The lowest BCUT2D eigenvalue weighted by atomic mass is 10.0.